The van der Waals surface area contributed by atoms with Crippen molar-refractivity contribution >= 4 is 196 Å². The van der Waals surface area contributed by atoms with Gasteiger partial charge in [-0.05, 0) is 230 Å². The summed E-state index contributed by atoms with van der Waals surface area (Å²) in [6, 6.07) is 176. The van der Waals surface area contributed by atoms with Crippen LogP contribution < -0.4 is 0 Å². The molecule has 0 N–H and O–H groups in total. The van der Waals surface area contributed by atoms with Gasteiger partial charge >= 0.3 is 0 Å². The Labute approximate surface area is 842 Å². The molecule has 0 radical (unpaired) electrons. The van der Waals surface area contributed by atoms with Crippen LogP contribution in [-0.4, -0.2) is 56.1 Å². The fourth-order valence-electron chi connectivity index (χ4n) is 24.1. The number of hydrogen-bond donors (Lipinski definition) is 0. The van der Waals surface area contributed by atoms with E-state index in [0.717, 1.165) is 107 Å². The highest BCUT2D eigenvalue weighted by Gasteiger charge is 2.26. The average molecular weight is 1880 g/mol. The van der Waals surface area contributed by atoms with Gasteiger partial charge in [0.15, 0.2) is 0 Å². The molecule has 686 valence electrons. The van der Waals surface area contributed by atoms with E-state index in [-0.39, 0.29) is 0 Å². The van der Waals surface area contributed by atoms with Crippen molar-refractivity contribution in [2.24, 2.45) is 0 Å². The van der Waals surface area contributed by atoms with Crippen LogP contribution in [0.1, 0.15) is 0 Å². The molecule has 20 aromatic carbocycles. The lowest BCUT2D eigenvalue weighted by Gasteiger charge is -2.12. The lowest BCUT2D eigenvalue weighted by molar-refractivity contribution is 1.13. The Morgan fingerprint density at radius 2 is 0.293 bits per heavy atom. The van der Waals surface area contributed by atoms with Crippen molar-refractivity contribution in [2.45, 2.75) is 0 Å². The molecule has 12 nitrogen and oxygen atoms in total. The molecular weight excluding hydrogens is 1790 g/mol. The molecule has 0 fully saturated rings. The molecule has 0 aliphatic heterocycles. The normalized spacial score (nSPS) is 11.9. The minimum Gasteiger partial charge on any atom is -0.309 e. The Hall–Kier alpha value is -20.0. The highest BCUT2D eigenvalue weighted by atomic mass is 15.1. The van der Waals surface area contributed by atoms with Gasteiger partial charge in [-0.2, -0.15) is 0 Å². The zero-order valence-corrected chi connectivity index (χ0v) is 79.5. The zero-order chi connectivity index (χ0) is 96.4. The Kier molecular flexibility index (Phi) is 18.8. The average Bonchev–Trinajstić information content (AvgIpc) is 1.56. The van der Waals surface area contributed by atoms with Gasteiger partial charge in [0.25, 0.3) is 0 Å². The number of para-hydroxylation sites is 12. The van der Waals surface area contributed by atoms with E-state index < -0.39 is 0 Å². The molecule has 0 amide bonds. The first-order valence-electron chi connectivity index (χ1n) is 50.1. The molecule has 0 spiro atoms. The number of nitrogens with zero attached hydrogens (tertiary/aromatic N) is 12. The largest absolute Gasteiger partial charge is 0.309 e. The lowest BCUT2D eigenvalue weighted by atomic mass is 10.1. The van der Waals surface area contributed by atoms with Gasteiger partial charge in [-0.25, -0.2) is 0 Å². The quantitative estimate of drug-likeness (QED) is 0.129. The van der Waals surface area contributed by atoms with E-state index in [9.17, 15) is 0 Å². The van der Waals surface area contributed by atoms with Crippen LogP contribution >= 0.6 is 0 Å². The number of rotatable bonds is 11. The summed E-state index contributed by atoms with van der Waals surface area (Å²) in [7, 11) is 0. The van der Waals surface area contributed by atoms with E-state index in [1.54, 1.807) is 0 Å². The molecule has 0 aliphatic carbocycles. The fourth-order valence-corrected chi connectivity index (χ4v) is 24.1. The highest BCUT2D eigenvalue weighted by Crippen LogP contribution is 2.47. The van der Waals surface area contributed by atoms with Crippen LogP contribution in [0.25, 0.3) is 270 Å². The third-order valence-corrected chi connectivity index (χ3v) is 30.3. The summed E-state index contributed by atoms with van der Waals surface area (Å²) in [6.07, 6.45) is 11.5. The first kappa shape index (κ1) is 82.9. The van der Waals surface area contributed by atoms with Crippen LogP contribution in [0, 0.1) is 0 Å². The molecule has 12 heteroatoms. The Morgan fingerprint density at radius 3 is 0.551 bits per heavy atom. The van der Waals surface area contributed by atoms with Crippen LogP contribution in [0.4, 0.5) is 0 Å². The van der Waals surface area contributed by atoms with E-state index >= 15 is 0 Å². The fraction of sp³-hybridized carbons (Fsp3) is 0. The molecular formula is C135H86N12. The van der Waals surface area contributed by atoms with E-state index in [0.29, 0.717) is 0 Å². The second kappa shape index (κ2) is 33.4. The molecule has 12 aromatic heterocycles. The first-order chi connectivity index (χ1) is 73.0. The van der Waals surface area contributed by atoms with Crippen molar-refractivity contribution in [2.75, 3.05) is 0 Å². The van der Waals surface area contributed by atoms with Crippen LogP contribution in [0.5, 0.6) is 0 Å². The Balaban J connectivity index is 0.000000102. The number of hydrogen-bond acceptors (Lipinski definition) is 3. The summed E-state index contributed by atoms with van der Waals surface area (Å²) in [5.74, 6) is 0. The smallest absolute Gasteiger partial charge is 0.0651 e. The Bertz CT molecular complexity index is 9740. The van der Waals surface area contributed by atoms with Gasteiger partial charge in [0.05, 0.1) is 123 Å². The highest BCUT2D eigenvalue weighted by molar-refractivity contribution is 6.20. The summed E-state index contributed by atoms with van der Waals surface area (Å²) in [4.78, 5) is 13.6. The van der Waals surface area contributed by atoms with Crippen molar-refractivity contribution in [1.82, 2.24) is 56.1 Å². The predicted molar refractivity (Wildman–Crippen MR) is 613 cm³/mol. The van der Waals surface area contributed by atoms with Crippen molar-refractivity contribution in [3.8, 4) is 73.4 Å². The summed E-state index contributed by atoms with van der Waals surface area (Å²) >= 11 is 0. The SMILES string of the molecule is c1ccc(-c2cncc(-n3c4ccc(-n5c6ccccc6c6ccccc65)cc4c4cc(-n5c6ccccc6c6ccccc65)ccc43)c2)cc1.c1cncc(-c2cccc(-n3c4ccc(-n5c6ccccc6c6ccccc65)cc4c4cc(-n5c6ccccc6c6ccccc65)ccc43)c2)c1.c1cncc(-n2c3ccc(-n4c5ccccc5c5ccccc54)cc3c3cc(-n4c5ccccc5c5ccccc54)ccc32)c1. The molecule has 0 saturated heterocycles. The topological polar surface area (TPSA) is 83.0 Å². The van der Waals surface area contributed by atoms with Gasteiger partial charge < -0.3 is 41.1 Å². The summed E-state index contributed by atoms with van der Waals surface area (Å²) in [6.45, 7) is 0. The maximum Gasteiger partial charge on any atom is 0.0651 e. The minimum absolute atomic E-state index is 1.03. The van der Waals surface area contributed by atoms with Crippen LogP contribution in [0.2, 0.25) is 0 Å². The molecule has 32 aromatic rings. The van der Waals surface area contributed by atoms with E-state index in [2.05, 4.69) is 524 Å². The molecule has 0 bridgehead atoms. The van der Waals surface area contributed by atoms with Gasteiger partial charge in [-0.3, -0.25) is 15.0 Å². The number of benzene rings is 20. The summed E-state index contributed by atoms with van der Waals surface area (Å²) < 4.78 is 21.5. The Morgan fingerprint density at radius 1 is 0.102 bits per heavy atom. The maximum absolute atomic E-state index is 4.75. The zero-order valence-electron chi connectivity index (χ0n) is 79.5. The molecule has 32 rings (SSSR count). The monoisotopic (exact) mass is 1870 g/mol. The summed E-state index contributed by atoms with van der Waals surface area (Å²) in [5, 5.41) is 22.3. The van der Waals surface area contributed by atoms with Crippen molar-refractivity contribution in [3.05, 3.63) is 522 Å². The lowest BCUT2D eigenvalue weighted by Crippen LogP contribution is -1.97. The molecule has 0 atom stereocenters. The second-order valence-corrected chi connectivity index (χ2v) is 38.2. The number of fused-ring (bicyclic) bond motifs is 27. The molecule has 0 saturated carbocycles. The van der Waals surface area contributed by atoms with E-state index in [4.69, 9.17) is 4.98 Å². The third-order valence-electron chi connectivity index (χ3n) is 30.3. The number of pyridine rings is 3. The van der Waals surface area contributed by atoms with Gasteiger partial charge in [0.1, 0.15) is 0 Å². The molecule has 0 unspecified atom stereocenters. The van der Waals surface area contributed by atoms with Crippen LogP contribution in [0.3, 0.4) is 0 Å². The molecule has 12 heterocycles. The van der Waals surface area contributed by atoms with Gasteiger partial charge in [-0.15, -0.1) is 0 Å². The second-order valence-electron chi connectivity index (χ2n) is 38.2. The first-order valence-corrected chi connectivity index (χ1v) is 50.1. The third kappa shape index (κ3) is 13.0. The minimum atomic E-state index is 1.03. The van der Waals surface area contributed by atoms with Gasteiger partial charge in [0.2, 0.25) is 0 Å². The van der Waals surface area contributed by atoms with Crippen LogP contribution in [-0.2, 0) is 0 Å². The van der Waals surface area contributed by atoms with Gasteiger partial charge in [-0.1, -0.05) is 267 Å². The predicted octanol–water partition coefficient (Wildman–Crippen LogP) is 34.5. The molecule has 147 heavy (non-hydrogen) atoms. The van der Waals surface area contributed by atoms with E-state index in [1.165, 1.54) is 163 Å². The van der Waals surface area contributed by atoms with Crippen LogP contribution in [0.15, 0.2) is 522 Å². The van der Waals surface area contributed by atoms with Gasteiger partial charge in [0, 0.05) is 173 Å². The van der Waals surface area contributed by atoms with Crippen molar-refractivity contribution in [1.29, 1.82) is 0 Å². The standard InChI is InChI=1S/2C47H30N4.C41H26N4/c1-5-18-42-36(14-1)37-15-2-6-19-43(37)50(42)34-22-24-46-40(28-34)41-29-35(51-44-20-7-3-16-38(44)39-17-4-8-21-45(39)51)23-25-47(41)49(46)33-13-9-11-31(27-33)32-12-10-26-48-30-32;1-2-12-31(13-3-1)32-26-35(30-48-29-32)51-46-24-22-33(49-42-18-8-4-14-36(42)37-15-5-9-19-43(37)49)27-40(46)41-28-34(23-25-47(41)51)50-44-20-10-6-16-38(44)39-17-7-11-21-45(39)50;1-5-15-36-30(11-1)31-12-2-6-16-37(31)43(36)27-19-21-40-34(24-27)35-25-28(20-22-41(35)45(40)29-10-9-23-42-26-29)44-38-17-7-3-13-32(38)33-14-4-8-18-39(33)44/h2*1-30H;1-26H. The van der Waals surface area contributed by atoms with E-state index in [1.807, 2.05) is 49.3 Å². The summed E-state index contributed by atoms with van der Waals surface area (Å²) in [5.41, 5.74) is 35.9. The maximum atomic E-state index is 4.75. The van der Waals surface area contributed by atoms with Crippen molar-refractivity contribution in [3.63, 3.8) is 0 Å². The van der Waals surface area contributed by atoms with Crippen molar-refractivity contribution < 1.29 is 0 Å². The number of aromatic nitrogens is 12. The molecule has 0 aliphatic rings.